The third kappa shape index (κ3) is 2.15. The molecule has 2 aromatic rings. The van der Waals surface area contributed by atoms with Crippen molar-refractivity contribution in [2.24, 2.45) is 17.8 Å². The molecule has 4 rings (SSSR count). The first-order valence-electron chi connectivity index (χ1n) is 7.67. The number of thiophene rings is 1. The number of rotatable bonds is 4. The molecule has 1 aromatic heterocycles. The van der Waals surface area contributed by atoms with Crippen LogP contribution in [0.4, 0.5) is 0 Å². The number of hydrogen-bond acceptors (Lipinski definition) is 2. The fourth-order valence-electron chi connectivity index (χ4n) is 4.07. The van der Waals surface area contributed by atoms with E-state index < -0.39 is 0 Å². The Bertz CT molecular complexity index is 625. The van der Waals surface area contributed by atoms with Gasteiger partial charge in [0.1, 0.15) is 0 Å². The second-order valence-corrected chi connectivity index (χ2v) is 8.06. The minimum absolute atomic E-state index is 0.552. The molecule has 0 bridgehead atoms. The van der Waals surface area contributed by atoms with Crippen LogP contribution in [0.5, 0.6) is 0 Å². The van der Waals surface area contributed by atoms with Gasteiger partial charge in [-0.2, -0.15) is 0 Å². The molecule has 3 atom stereocenters. The lowest BCUT2D eigenvalue weighted by Crippen LogP contribution is -2.27. The second-order valence-electron chi connectivity index (χ2n) is 6.33. The van der Waals surface area contributed by atoms with Crippen molar-refractivity contribution >= 4 is 37.4 Å². The predicted octanol–water partition coefficient (Wildman–Crippen LogP) is 5.36. The quantitative estimate of drug-likeness (QED) is 0.783. The van der Waals surface area contributed by atoms with E-state index in [4.69, 9.17) is 0 Å². The van der Waals surface area contributed by atoms with Crippen LogP contribution in [0.2, 0.25) is 0 Å². The van der Waals surface area contributed by atoms with Crippen LogP contribution in [-0.4, -0.2) is 6.54 Å². The Kier molecular flexibility index (Phi) is 3.40. The third-order valence-electron chi connectivity index (χ3n) is 5.09. The standard InChI is InChI=1S/C17H20BrNS/c1-2-19-16(12-7-10-6-11(10)8-12)14-9-20-17-13(14)4-3-5-15(17)18/h3-5,9-12,16,19H,2,6-8H2,1H3. The summed E-state index contributed by atoms with van der Waals surface area (Å²) in [5.74, 6) is 2.95. The molecule has 2 fully saturated rings. The van der Waals surface area contributed by atoms with Gasteiger partial charge in [-0.15, -0.1) is 11.3 Å². The first-order chi connectivity index (χ1) is 9.78. The molecule has 3 unspecified atom stereocenters. The monoisotopic (exact) mass is 349 g/mol. The lowest BCUT2D eigenvalue weighted by atomic mass is 9.89. The van der Waals surface area contributed by atoms with Gasteiger partial charge in [0.2, 0.25) is 0 Å². The first-order valence-corrected chi connectivity index (χ1v) is 9.34. The van der Waals surface area contributed by atoms with Crippen molar-refractivity contribution in [1.29, 1.82) is 0 Å². The summed E-state index contributed by atoms with van der Waals surface area (Å²) in [7, 11) is 0. The van der Waals surface area contributed by atoms with Crippen LogP contribution in [0.25, 0.3) is 10.1 Å². The highest BCUT2D eigenvalue weighted by Gasteiger charge is 2.48. The molecule has 0 aliphatic heterocycles. The minimum Gasteiger partial charge on any atom is -0.310 e. The zero-order chi connectivity index (χ0) is 13.7. The van der Waals surface area contributed by atoms with Crippen LogP contribution in [0.15, 0.2) is 28.1 Å². The summed E-state index contributed by atoms with van der Waals surface area (Å²) < 4.78 is 2.63. The first kappa shape index (κ1) is 13.3. The molecule has 106 valence electrons. The SMILES string of the molecule is CCNC(c1csc2c(Br)cccc12)C1CC2CC2C1. The summed E-state index contributed by atoms with van der Waals surface area (Å²) in [6, 6.07) is 7.15. The van der Waals surface area contributed by atoms with Crippen molar-refractivity contribution in [3.8, 4) is 0 Å². The van der Waals surface area contributed by atoms with Gasteiger partial charge in [-0.05, 0) is 81.9 Å². The lowest BCUT2D eigenvalue weighted by molar-refractivity contribution is 0.349. The van der Waals surface area contributed by atoms with Crippen molar-refractivity contribution in [2.75, 3.05) is 6.54 Å². The summed E-state index contributed by atoms with van der Waals surface area (Å²) in [6.45, 7) is 3.29. The Balaban J connectivity index is 1.72. The average molecular weight is 350 g/mol. The molecular formula is C17H20BrNS. The van der Waals surface area contributed by atoms with Crippen molar-refractivity contribution in [1.82, 2.24) is 5.32 Å². The van der Waals surface area contributed by atoms with E-state index >= 15 is 0 Å². The van der Waals surface area contributed by atoms with Gasteiger partial charge in [0.15, 0.2) is 0 Å². The summed E-state index contributed by atoms with van der Waals surface area (Å²) >= 11 is 5.57. The molecule has 2 aliphatic carbocycles. The van der Waals surface area contributed by atoms with Gasteiger partial charge in [-0.25, -0.2) is 0 Å². The highest BCUT2D eigenvalue weighted by molar-refractivity contribution is 9.10. The zero-order valence-corrected chi connectivity index (χ0v) is 14.1. The fraction of sp³-hybridized carbons (Fsp3) is 0.529. The smallest absolute Gasteiger partial charge is 0.0488 e. The van der Waals surface area contributed by atoms with E-state index in [0.717, 1.165) is 24.3 Å². The zero-order valence-electron chi connectivity index (χ0n) is 11.7. The van der Waals surface area contributed by atoms with E-state index in [1.165, 1.54) is 39.4 Å². The molecule has 2 aliphatic rings. The van der Waals surface area contributed by atoms with E-state index in [1.54, 1.807) is 0 Å². The molecule has 1 N–H and O–H groups in total. The number of halogens is 1. The maximum absolute atomic E-state index is 3.77. The molecule has 1 heterocycles. The van der Waals surface area contributed by atoms with Crippen molar-refractivity contribution in [3.05, 3.63) is 33.6 Å². The van der Waals surface area contributed by atoms with E-state index in [0.29, 0.717) is 6.04 Å². The molecule has 20 heavy (non-hydrogen) atoms. The van der Waals surface area contributed by atoms with Crippen molar-refractivity contribution < 1.29 is 0 Å². The van der Waals surface area contributed by atoms with Crippen LogP contribution in [0.3, 0.4) is 0 Å². The summed E-state index contributed by atoms with van der Waals surface area (Å²) in [6.07, 6.45) is 4.38. The van der Waals surface area contributed by atoms with Gasteiger partial charge < -0.3 is 5.32 Å². The lowest BCUT2D eigenvalue weighted by Gasteiger charge is -2.25. The summed E-state index contributed by atoms with van der Waals surface area (Å²) in [5.41, 5.74) is 1.53. The van der Waals surface area contributed by atoms with Crippen LogP contribution in [0, 0.1) is 17.8 Å². The molecule has 0 radical (unpaired) electrons. The van der Waals surface area contributed by atoms with E-state index in [-0.39, 0.29) is 0 Å². The van der Waals surface area contributed by atoms with Gasteiger partial charge in [0, 0.05) is 15.2 Å². The molecule has 1 aromatic carbocycles. The van der Waals surface area contributed by atoms with Gasteiger partial charge >= 0.3 is 0 Å². The maximum atomic E-state index is 3.77. The highest BCUT2D eigenvalue weighted by Crippen LogP contribution is 2.57. The van der Waals surface area contributed by atoms with Crippen molar-refractivity contribution in [2.45, 2.75) is 32.2 Å². The van der Waals surface area contributed by atoms with Gasteiger partial charge in [-0.1, -0.05) is 19.1 Å². The molecular weight excluding hydrogens is 330 g/mol. The number of benzene rings is 1. The van der Waals surface area contributed by atoms with Crippen LogP contribution < -0.4 is 5.32 Å². The number of hydrogen-bond donors (Lipinski definition) is 1. The van der Waals surface area contributed by atoms with Crippen LogP contribution in [0.1, 0.15) is 37.8 Å². The minimum atomic E-state index is 0.552. The number of nitrogens with one attached hydrogen (secondary N) is 1. The van der Waals surface area contributed by atoms with Gasteiger partial charge in [0.05, 0.1) is 0 Å². The largest absolute Gasteiger partial charge is 0.310 e. The second kappa shape index (κ2) is 5.11. The van der Waals surface area contributed by atoms with Gasteiger partial charge in [0.25, 0.3) is 0 Å². The Morgan fingerprint density at radius 1 is 1.30 bits per heavy atom. The molecule has 3 heteroatoms. The van der Waals surface area contributed by atoms with Crippen LogP contribution >= 0.6 is 27.3 Å². The normalized spacial score (nSPS) is 29.6. The van der Waals surface area contributed by atoms with E-state index in [1.807, 2.05) is 11.3 Å². The molecule has 1 nitrogen and oxygen atoms in total. The number of fused-ring (bicyclic) bond motifs is 2. The topological polar surface area (TPSA) is 12.0 Å². The van der Waals surface area contributed by atoms with Crippen LogP contribution in [-0.2, 0) is 0 Å². The molecule has 2 saturated carbocycles. The van der Waals surface area contributed by atoms with Gasteiger partial charge in [-0.3, -0.25) is 0 Å². The van der Waals surface area contributed by atoms with E-state index in [2.05, 4.69) is 51.7 Å². The Morgan fingerprint density at radius 3 is 2.85 bits per heavy atom. The summed E-state index contributed by atoms with van der Waals surface area (Å²) in [4.78, 5) is 0. The third-order valence-corrected chi connectivity index (χ3v) is 7.06. The Hall–Kier alpha value is -0.380. The summed E-state index contributed by atoms with van der Waals surface area (Å²) in [5, 5.41) is 7.59. The Morgan fingerprint density at radius 2 is 2.10 bits per heavy atom. The fourth-order valence-corrected chi connectivity index (χ4v) is 5.73. The highest BCUT2D eigenvalue weighted by atomic mass is 79.9. The Labute approximate surface area is 132 Å². The average Bonchev–Trinajstić information content (AvgIpc) is 2.88. The molecule has 0 saturated heterocycles. The predicted molar refractivity (Wildman–Crippen MR) is 90.3 cm³/mol. The molecule has 0 amide bonds. The van der Waals surface area contributed by atoms with Crippen molar-refractivity contribution in [3.63, 3.8) is 0 Å². The molecule has 0 spiro atoms. The maximum Gasteiger partial charge on any atom is 0.0488 e. The van der Waals surface area contributed by atoms with E-state index in [9.17, 15) is 0 Å².